The van der Waals surface area contributed by atoms with Crippen LogP contribution in [0, 0.1) is 0 Å². The molecule has 2 amide bonds. The second kappa shape index (κ2) is 11.3. The van der Waals surface area contributed by atoms with E-state index in [1.165, 1.54) is 0 Å². The van der Waals surface area contributed by atoms with E-state index in [0.29, 0.717) is 37.1 Å². The summed E-state index contributed by atoms with van der Waals surface area (Å²) in [7, 11) is 0. The summed E-state index contributed by atoms with van der Waals surface area (Å²) in [6.07, 6.45) is 8.50. The third-order valence-electron chi connectivity index (χ3n) is 3.91. The van der Waals surface area contributed by atoms with Crippen molar-refractivity contribution in [3.8, 4) is 0 Å². The molecule has 0 aliphatic carbocycles. The zero-order valence-electron chi connectivity index (χ0n) is 16.1. The van der Waals surface area contributed by atoms with E-state index in [-0.39, 0.29) is 11.8 Å². The van der Waals surface area contributed by atoms with Crippen molar-refractivity contribution in [2.24, 2.45) is 10.2 Å². The number of hydrogen-bond donors (Lipinski definition) is 2. The van der Waals surface area contributed by atoms with Gasteiger partial charge in [-0.1, -0.05) is 12.1 Å². The number of nitrogens with one attached hydrogen (secondary N) is 2. The van der Waals surface area contributed by atoms with Crippen LogP contribution in [0.5, 0.6) is 0 Å². The maximum Gasteiger partial charge on any atom is 0.240 e. The summed E-state index contributed by atoms with van der Waals surface area (Å²) in [4.78, 5) is 31.7. The third-order valence-corrected chi connectivity index (χ3v) is 3.91. The predicted molar refractivity (Wildman–Crippen MR) is 108 cm³/mol. The molecule has 0 aliphatic rings. The van der Waals surface area contributed by atoms with Crippen LogP contribution in [-0.4, -0.2) is 33.2 Å². The second-order valence-corrected chi connectivity index (χ2v) is 6.15. The summed E-state index contributed by atoms with van der Waals surface area (Å²) >= 11 is 0. The van der Waals surface area contributed by atoms with Crippen LogP contribution in [0.15, 0.2) is 59.3 Å². The van der Waals surface area contributed by atoms with Gasteiger partial charge in [0.2, 0.25) is 11.8 Å². The van der Waals surface area contributed by atoms with E-state index in [1.54, 1.807) is 38.6 Å². The standard InChI is InChI=1S/C20H24N6O2/c1-15(17-7-5-11-21-13-17)23-25-19(27)9-3-4-10-20(28)26-24-16(2)18-8-6-12-22-14-18/h5-8,11-14H,3-4,9-10H2,1-2H3,(H,25,27)(H,26,28)/b23-15+,24-16+. The monoisotopic (exact) mass is 380 g/mol. The molecule has 0 unspecified atom stereocenters. The number of pyridine rings is 2. The Morgan fingerprint density at radius 1 is 0.821 bits per heavy atom. The lowest BCUT2D eigenvalue weighted by molar-refractivity contribution is -0.123. The zero-order valence-corrected chi connectivity index (χ0v) is 16.1. The molecule has 0 atom stereocenters. The first-order valence-electron chi connectivity index (χ1n) is 9.03. The van der Waals surface area contributed by atoms with Crippen molar-refractivity contribution in [2.75, 3.05) is 0 Å². The van der Waals surface area contributed by atoms with Crippen molar-refractivity contribution in [2.45, 2.75) is 39.5 Å². The van der Waals surface area contributed by atoms with E-state index in [0.717, 1.165) is 11.1 Å². The minimum Gasteiger partial charge on any atom is -0.273 e. The number of aromatic nitrogens is 2. The topological polar surface area (TPSA) is 109 Å². The molecule has 2 N–H and O–H groups in total. The van der Waals surface area contributed by atoms with Gasteiger partial charge < -0.3 is 0 Å². The van der Waals surface area contributed by atoms with Gasteiger partial charge in [0.05, 0.1) is 11.4 Å². The molecule has 0 bridgehead atoms. The lowest BCUT2D eigenvalue weighted by Crippen LogP contribution is -2.20. The van der Waals surface area contributed by atoms with Gasteiger partial charge in [-0.15, -0.1) is 0 Å². The predicted octanol–water partition coefficient (Wildman–Crippen LogP) is 2.42. The Labute approximate surface area is 164 Å². The number of rotatable bonds is 9. The summed E-state index contributed by atoms with van der Waals surface area (Å²) in [6.45, 7) is 3.60. The Balaban J connectivity index is 1.64. The lowest BCUT2D eigenvalue weighted by atomic mass is 10.2. The van der Waals surface area contributed by atoms with Gasteiger partial charge in [-0.2, -0.15) is 10.2 Å². The third kappa shape index (κ3) is 7.45. The van der Waals surface area contributed by atoms with E-state index in [4.69, 9.17) is 0 Å². The largest absolute Gasteiger partial charge is 0.273 e. The first-order valence-corrected chi connectivity index (χ1v) is 9.03. The van der Waals surface area contributed by atoms with Crippen molar-refractivity contribution in [3.63, 3.8) is 0 Å². The molecule has 0 saturated carbocycles. The molecular formula is C20H24N6O2. The summed E-state index contributed by atoms with van der Waals surface area (Å²) < 4.78 is 0. The molecule has 146 valence electrons. The minimum absolute atomic E-state index is 0.186. The molecule has 2 aromatic heterocycles. The van der Waals surface area contributed by atoms with Crippen LogP contribution in [0.2, 0.25) is 0 Å². The van der Waals surface area contributed by atoms with E-state index >= 15 is 0 Å². The number of carbonyl (C=O) groups is 2. The molecule has 2 aromatic rings. The van der Waals surface area contributed by atoms with Crippen molar-refractivity contribution < 1.29 is 9.59 Å². The Kier molecular flexibility index (Phi) is 8.45. The van der Waals surface area contributed by atoms with Crippen LogP contribution in [0.1, 0.15) is 50.7 Å². The molecule has 0 fully saturated rings. The molecule has 2 rings (SSSR count). The fourth-order valence-electron chi connectivity index (χ4n) is 2.26. The molecule has 0 saturated heterocycles. The highest BCUT2D eigenvalue weighted by Crippen LogP contribution is 2.02. The maximum absolute atomic E-state index is 11.8. The first-order chi connectivity index (χ1) is 13.6. The van der Waals surface area contributed by atoms with E-state index in [9.17, 15) is 9.59 Å². The number of nitrogens with zero attached hydrogens (tertiary/aromatic N) is 4. The van der Waals surface area contributed by atoms with Crippen LogP contribution < -0.4 is 10.9 Å². The summed E-state index contributed by atoms with van der Waals surface area (Å²) in [6, 6.07) is 7.36. The molecular weight excluding hydrogens is 356 g/mol. The highest BCUT2D eigenvalue weighted by atomic mass is 16.2. The maximum atomic E-state index is 11.8. The van der Waals surface area contributed by atoms with Crippen LogP contribution in [0.4, 0.5) is 0 Å². The smallest absolute Gasteiger partial charge is 0.240 e. The van der Waals surface area contributed by atoms with Crippen LogP contribution >= 0.6 is 0 Å². The van der Waals surface area contributed by atoms with Crippen molar-refractivity contribution in [3.05, 3.63) is 60.2 Å². The molecule has 8 heteroatoms. The molecule has 0 radical (unpaired) electrons. The average Bonchev–Trinajstić information content (AvgIpc) is 2.74. The lowest BCUT2D eigenvalue weighted by Gasteiger charge is -2.04. The van der Waals surface area contributed by atoms with Gasteiger partial charge in [0.1, 0.15) is 0 Å². The number of unbranched alkanes of at least 4 members (excludes halogenated alkanes) is 1. The molecule has 0 spiro atoms. The minimum atomic E-state index is -0.186. The quantitative estimate of drug-likeness (QED) is 0.395. The van der Waals surface area contributed by atoms with Gasteiger partial charge in [0, 0.05) is 48.8 Å². The summed E-state index contributed by atoms with van der Waals surface area (Å²) in [5.41, 5.74) is 8.10. The molecule has 2 heterocycles. The number of hydrazone groups is 2. The molecule has 0 aromatic carbocycles. The van der Waals surface area contributed by atoms with Gasteiger partial charge in [0.15, 0.2) is 0 Å². The molecule has 8 nitrogen and oxygen atoms in total. The number of carbonyl (C=O) groups excluding carboxylic acids is 2. The van der Waals surface area contributed by atoms with Gasteiger partial charge in [-0.25, -0.2) is 10.9 Å². The van der Waals surface area contributed by atoms with Crippen molar-refractivity contribution >= 4 is 23.2 Å². The first kappa shape index (κ1) is 20.9. The number of amides is 2. The Bertz CT molecular complexity index is 763. The molecule has 0 aliphatic heterocycles. The van der Waals surface area contributed by atoms with E-state index in [1.807, 2.05) is 24.3 Å². The fraction of sp³-hybridized carbons (Fsp3) is 0.300. The van der Waals surface area contributed by atoms with Gasteiger partial charge >= 0.3 is 0 Å². The molecule has 28 heavy (non-hydrogen) atoms. The Morgan fingerprint density at radius 3 is 1.61 bits per heavy atom. The summed E-state index contributed by atoms with van der Waals surface area (Å²) in [5, 5.41) is 8.12. The summed E-state index contributed by atoms with van der Waals surface area (Å²) in [5.74, 6) is -0.372. The SMILES string of the molecule is C/C(=N\NC(=O)CCCCC(=O)N/N=C(\C)c1cccnc1)c1cccnc1. The van der Waals surface area contributed by atoms with E-state index < -0.39 is 0 Å². The highest BCUT2D eigenvalue weighted by molar-refractivity contribution is 5.99. The van der Waals surface area contributed by atoms with Crippen LogP contribution in [0.3, 0.4) is 0 Å². The van der Waals surface area contributed by atoms with Crippen LogP contribution in [-0.2, 0) is 9.59 Å². The Morgan fingerprint density at radius 2 is 1.25 bits per heavy atom. The normalized spacial score (nSPS) is 11.8. The van der Waals surface area contributed by atoms with Crippen molar-refractivity contribution in [1.29, 1.82) is 0 Å². The van der Waals surface area contributed by atoms with E-state index in [2.05, 4.69) is 31.0 Å². The fourth-order valence-corrected chi connectivity index (χ4v) is 2.26. The highest BCUT2D eigenvalue weighted by Gasteiger charge is 2.05. The van der Waals surface area contributed by atoms with Crippen molar-refractivity contribution in [1.82, 2.24) is 20.8 Å². The second-order valence-electron chi connectivity index (χ2n) is 6.15. The number of hydrogen-bond acceptors (Lipinski definition) is 6. The van der Waals surface area contributed by atoms with Gasteiger partial charge in [-0.3, -0.25) is 19.6 Å². The Hall–Kier alpha value is -3.42. The van der Waals surface area contributed by atoms with Gasteiger partial charge in [0.25, 0.3) is 0 Å². The van der Waals surface area contributed by atoms with Gasteiger partial charge in [-0.05, 0) is 38.8 Å². The zero-order chi connectivity index (χ0) is 20.2. The average molecular weight is 380 g/mol. The van der Waals surface area contributed by atoms with Crippen LogP contribution in [0.25, 0.3) is 0 Å².